The van der Waals surface area contributed by atoms with Crippen molar-refractivity contribution in [3.63, 3.8) is 0 Å². The van der Waals surface area contributed by atoms with Crippen molar-refractivity contribution in [3.8, 4) is 0 Å². The third-order valence-corrected chi connectivity index (χ3v) is 3.91. The van der Waals surface area contributed by atoms with Crippen LogP contribution in [0.4, 0.5) is 0 Å². The van der Waals surface area contributed by atoms with Gasteiger partial charge in [-0.05, 0) is 37.9 Å². The Morgan fingerprint density at radius 1 is 1.29 bits per heavy atom. The Morgan fingerprint density at radius 3 is 2.65 bits per heavy atom. The van der Waals surface area contributed by atoms with Gasteiger partial charge >= 0.3 is 0 Å². The Hall–Kier alpha value is -0.800. The molecule has 1 aliphatic carbocycles. The molecule has 2 atom stereocenters. The van der Waals surface area contributed by atoms with Crippen molar-refractivity contribution in [2.24, 2.45) is 5.92 Å². The van der Waals surface area contributed by atoms with Crippen molar-refractivity contribution < 1.29 is 9.52 Å². The fourth-order valence-corrected chi connectivity index (χ4v) is 2.91. The lowest BCUT2D eigenvalue weighted by molar-refractivity contribution is 0.123. The molecule has 0 aromatic carbocycles. The molecule has 2 rings (SSSR count). The van der Waals surface area contributed by atoms with Crippen molar-refractivity contribution in [2.45, 2.75) is 51.8 Å². The van der Waals surface area contributed by atoms with E-state index in [1.165, 1.54) is 25.7 Å². The maximum absolute atomic E-state index is 8.97. The van der Waals surface area contributed by atoms with Gasteiger partial charge in [0, 0.05) is 6.04 Å². The van der Waals surface area contributed by atoms with Gasteiger partial charge in [0.05, 0.1) is 6.54 Å². The van der Waals surface area contributed by atoms with Crippen LogP contribution in [-0.2, 0) is 13.2 Å². The van der Waals surface area contributed by atoms with E-state index in [0.29, 0.717) is 11.8 Å². The van der Waals surface area contributed by atoms with E-state index in [9.17, 15) is 0 Å². The van der Waals surface area contributed by atoms with Gasteiger partial charge in [-0.15, -0.1) is 0 Å². The van der Waals surface area contributed by atoms with Gasteiger partial charge in [0.25, 0.3) is 0 Å². The number of furan rings is 1. The van der Waals surface area contributed by atoms with Crippen molar-refractivity contribution in [1.29, 1.82) is 0 Å². The van der Waals surface area contributed by atoms with E-state index < -0.39 is 0 Å². The number of aliphatic hydroxyl groups excluding tert-OH is 1. The molecular formula is C14H23NO2. The summed E-state index contributed by atoms with van der Waals surface area (Å²) in [6, 6.07) is 4.50. The Balaban J connectivity index is 1.93. The molecule has 0 radical (unpaired) electrons. The van der Waals surface area contributed by atoms with Gasteiger partial charge in [-0.3, -0.25) is 4.90 Å². The van der Waals surface area contributed by atoms with Crippen LogP contribution in [0, 0.1) is 5.92 Å². The molecule has 3 nitrogen and oxygen atoms in total. The normalized spacial score (nSPS) is 25.4. The van der Waals surface area contributed by atoms with Gasteiger partial charge in [-0.25, -0.2) is 0 Å². The molecule has 1 fully saturated rings. The molecule has 96 valence electrons. The Labute approximate surface area is 103 Å². The van der Waals surface area contributed by atoms with Gasteiger partial charge < -0.3 is 9.52 Å². The molecule has 1 aliphatic rings. The van der Waals surface area contributed by atoms with Crippen LogP contribution in [-0.4, -0.2) is 23.1 Å². The highest BCUT2D eigenvalue weighted by Gasteiger charge is 2.25. The molecule has 0 amide bonds. The lowest BCUT2D eigenvalue weighted by Gasteiger charge is -2.35. The molecule has 17 heavy (non-hydrogen) atoms. The van der Waals surface area contributed by atoms with Gasteiger partial charge in [0.15, 0.2) is 0 Å². The zero-order valence-corrected chi connectivity index (χ0v) is 10.9. The summed E-state index contributed by atoms with van der Waals surface area (Å²) in [6.07, 6.45) is 5.36. The van der Waals surface area contributed by atoms with E-state index in [0.717, 1.165) is 18.2 Å². The van der Waals surface area contributed by atoms with Crippen LogP contribution in [0.3, 0.4) is 0 Å². The molecule has 2 unspecified atom stereocenters. The summed E-state index contributed by atoms with van der Waals surface area (Å²) in [5, 5.41) is 8.97. The second kappa shape index (κ2) is 5.69. The van der Waals surface area contributed by atoms with Crippen LogP contribution < -0.4 is 0 Å². The minimum absolute atomic E-state index is 0.0104. The molecule has 1 aromatic heterocycles. The van der Waals surface area contributed by atoms with E-state index in [1.807, 2.05) is 12.1 Å². The fourth-order valence-electron chi connectivity index (χ4n) is 2.91. The number of hydrogen-bond acceptors (Lipinski definition) is 3. The molecule has 3 heteroatoms. The molecule has 1 N–H and O–H groups in total. The first-order valence-corrected chi connectivity index (χ1v) is 6.59. The molecular weight excluding hydrogens is 214 g/mol. The largest absolute Gasteiger partial charge is 0.462 e. The van der Waals surface area contributed by atoms with E-state index in [-0.39, 0.29) is 6.61 Å². The van der Waals surface area contributed by atoms with E-state index in [1.54, 1.807) is 0 Å². The van der Waals surface area contributed by atoms with Gasteiger partial charge in [-0.1, -0.05) is 19.8 Å². The second-order valence-corrected chi connectivity index (χ2v) is 5.27. The quantitative estimate of drug-likeness (QED) is 0.874. The van der Waals surface area contributed by atoms with E-state index in [2.05, 4.69) is 18.9 Å². The zero-order valence-electron chi connectivity index (χ0n) is 10.9. The summed E-state index contributed by atoms with van der Waals surface area (Å²) in [5.74, 6) is 2.39. The van der Waals surface area contributed by atoms with Crippen LogP contribution in [0.1, 0.15) is 44.1 Å². The second-order valence-electron chi connectivity index (χ2n) is 5.27. The maximum atomic E-state index is 8.97. The van der Waals surface area contributed by atoms with Crippen LogP contribution >= 0.6 is 0 Å². The minimum Gasteiger partial charge on any atom is -0.462 e. The van der Waals surface area contributed by atoms with Crippen LogP contribution in [0.2, 0.25) is 0 Å². The lowest BCUT2D eigenvalue weighted by atomic mass is 9.85. The highest BCUT2D eigenvalue weighted by Crippen LogP contribution is 2.28. The highest BCUT2D eigenvalue weighted by molar-refractivity contribution is 5.06. The number of aliphatic hydroxyl groups is 1. The molecule has 1 heterocycles. The average molecular weight is 237 g/mol. The zero-order chi connectivity index (χ0) is 12.3. The molecule has 0 spiro atoms. The Morgan fingerprint density at radius 2 is 2.00 bits per heavy atom. The van der Waals surface area contributed by atoms with E-state index in [4.69, 9.17) is 9.52 Å². The van der Waals surface area contributed by atoms with Gasteiger partial charge in [0.2, 0.25) is 0 Å². The summed E-state index contributed by atoms with van der Waals surface area (Å²) in [5.41, 5.74) is 0. The molecule has 1 aromatic rings. The van der Waals surface area contributed by atoms with Crippen molar-refractivity contribution in [3.05, 3.63) is 23.7 Å². The summed E-state index contributed by atoms with van der Waals surface area (Å²) in [6.45, 7) is 3.18. The first-order chi connectivity index (χ1) is 8.20. The first kappa shape index (κ1) is 12.7. The smallest absolute Gasteiger partial charge is 0.129 e. The minimum atomic E-state index is -0.0104. The van der Waals surface area contributed by atoms with Gasteiger partial charge in [0.1, 0.15) is 18.1 Å². The number of nitrogens with zero attached hydrogens (tertiary/aromatic N) is 1. The topological polar surface area (TPSA) is 36.6 Å². The average Bonchev–Trinajstić information content (AvgIpc) is 2.77. The van der Waals surface area contributed by atoms with E-state index >= 15 is 0 Å². The fraction of sp³-hybridized carbons (Fsp3) is 0.714. The maximum Gasteiger partial charge on any atom is 0.129 e. The molecule has 0 bridgehead atoms. The third kappa shape index (κ3) is 3.11. The predicted molar refractivity (Wildman–Crippen MR) is 67.5 cm³/mol. The first-order valence-electron chi connectivity index (χ1n) is 6.59. The van der Waals surface area contributed by atoms with Crippen LogP contribution in [0.15, 0.2) is 16.5 Å². The van der Waals surface area contributed by atoms with Crippen LogP contribution in [0.25, 0.3) is 0 Å². The monoisotopic (exact) mass is 237 g/mol. The SMILES string of the molecule is CC1CCCCC1N(C)Cc1ccc(CO)o1. The molecule has 0 saturated heterocycles. The third-order valence-electron chi connectivity index (χ3n) is 3.91. The molecule has 1 saturated carbocycles. The van der Waals surface area contributed by atoms with Gasteiger partial charge in [-0.2, -0.15) is 0 Å². The number of rotatable bonds is 4. The summed E-state index contributed by atoms with van der Waals surface area (Å²) in [4.78, 5) is 2.39. The van der Waals surface area contributed by atoms with Crippen molar-refractivity contribution >= 4 is 0 Å². The highest BCUT2D eigenvalue weighted by atomic mass is 16.4. The summed E-state index contributed by atoms with van der Waals surface area (Å²) in [7, 11) is 2.17. The van der Waals surface area contributed by atoms with Crippen molar-refractivity contribution in [2.75, 3.05) is 7.05 Å². The Kier molecular flexibility index (Phi) is 4.24. The molecule has 0 aliphatic heterocycles. The standard InChI is InChI=1S/C14H23NO2/c1-11-5-3-4-6-14(11)15(2)9-12-7-8-13(10-16)17-12/h7-8,11,14,16H,3-6,9-10H2,1-2H3. The predicted octanol–water partition coefficient (Wildman–Crippen LogP) is 2.78. The Bertz CT molecular complexity index is 348. The van der Waals surface area contributed by atoms with Crippen molar-refractivity contribution in [1.82, 2.24) is 4.90 Å². The van der Waals surface area contributed by atoms with Crippen LogP contribution in [0.5, 0.6) is 0 Å². The lowest BCUT2D eigenvalue weighted by Crippen LogP contribution is -2.38. The number of hydrogen-bond donors (Lipinski definition) is 1. The summed E-state index contributed by atoms with van der Waals surface area (Å²) < 4.78 is 5.54. The summed E-state index contributed by atoms with van der Waals surface area (Å²) >= 11 is 0.